The number of thioether (sulfide) groups is 1. The Balaban J connectivity index is 1.78. The van der Waals surface area contributed by atoms with Crippen molar-refractivity contribution in [3.05, 3.63) is 24.3 Å². The van der Waals surface area contributed by atoms with Crippen LogP contribution in [0.4, 0.5) is 0 Å². The van der Waals surface area contributed by atoms with Gasteiger partial charge in [0.25, 0.3) is 0 Å². The van der Waals surface area contributed by atoms with Crippen LogP contribution in [-0.4, -0.2) is 35.2 Å². The maximum absolute atomic E-state index is 12.5. The SMILES string of the molecule is CC(C)CNC(=O)C1CSC23C=CC=CC2=NCCC13. The molecule has 3 nitrogen and oxygen atoms in total. The summed E-state index contributed by atoms with van der Waals surface area (Å²) in [5.41, 5.74) is 1.17. The van der Waals surface area contributed by atoms with Gasteiger partial charge in [0.1, 0.15) is 0 Å². The standard InChI is InChI=1S/C16H22N2OS/c1-11(2)9-18-15(19)12-10-20-16-7-4-3-5-14(16)17-8-6-13(12)16/h3-5,7,11-13H,6,8-10H2,1-2H3,(H,18,19). The highest BCUT2D eigenvalue weighted by molar-refractivity contribution is 8.02. The summed E-state index contributed by atoms with van der Waals surface area (Å²) in [4.78, 5) is 17.1. The first-order valence-electron chi connectivity index (χ1n) is 7.46. The number of hydrogen-bond donors (Lipinski definition) is 1. The van der Waals surface area contributed by atoms with Gasteiger partial charge in [0.2, 0.25) is 5.91 Å². The molecule has 0 aromatic rings. The van der Waals surface area contributed by atoms with Gasteiger partial charge in [0.05, 0.1) is 16.4 Å². The monoisotopic (exact) mass is 290 g/mol. The van der Waals surface area contributed by atoms with Crippen molar-refractivity contribution in [1.29, 1.82) is 0 Å². The molecule has 108 valence electrons. The van der Waals surface area contributed by atoms with Crippen LogP contribution in [0, 0.1) is 17.8 Å². The van der Waals surface area contributed by atoms with Gasteiger partial charge < -0.3 is 5.32 Å². The lowest BCUT2D eigenvalue weighted by Crippen LogP contribution is -2.46. The largest absolute Gasteiger partial charge is 0.356 e. The van der Waals surface area contributed by atoms with Crippen molar-refractivity contribution in [2.45, 2.75) is 25.0 Å². The van der Waals surface area contributed by atoms with Crippen LogP contribution in [0.5, 0.6) is 0 Å². The molecular weight excluding hydrogens is 268 g/mol. The fourth-order valence-electron chi connectivity index (χ4n) is 3.36. The minimum Gasteiger partial charge on any atom is -0.356 e. The number of allylic oxidation sites excluding steroid dienone is 3. The van der Waals surface area contributed by atoms with Gasteiger partial charge in [-0.2, -0.15) is 0 Å². The molecule has 0 saturated carbocycles. The summed E-state index contributed by atoms with van der Waals surface area (Å²) in [5.74, 6) is 2.17. The highest BCUT2D eigenvalue weighted by Crippen LogP contribution is 2.52. The lowest BCUT2D eigenvalue weighted by molar-refractivity contribution is -0.125. The average molecular weight is 290 g/mol. The summed E-state index contributed by atoms with van der Waals surface area (Å²) in [6.07, 6.45) is 9.57. The molecule has 3 aliphatic rings. The minimum absolute atomic E-state index is 0.0349. The van der Waals surface area contributed by atoms with Crippen LogP contribution in [0.25, 0.3) is 0 Å². The second-order valence-electron chi connectivity index (χ2n) is 6.23. The van der Waals surface area contributed by atoms with Crippen LogP contribution in [0.1, 0.15) is 20.3 Å². The smallest absolute Gasteiger partial charge is 0.224 e. The van der Waals surface area contributed by atoms with E-state index in [9.17, 15) is 4.79 Å². The minimum atomic E-state index is -0.0349. The first-order valence-corrected chi connectivity index (χ1v) is 8.44. The van der Waals surface area contributed by atoms with Crippen LogP contribution in [0.2, 0.25) is 0 Å². The van der Waals surface area contributed by atoms with E-state index >= 15 is 0 Å². The van der Waals surface area contributed by atoms with Crippen molar-refractivity contribution >= 4 is 23.4 Å². The third kappa shape index (κ3) is 2.24. The number of nitrogens with zero attached hydrogens (tertiary/aromatic N) is 1. The summed E-state index contributed by atoms with van der Waals surface area (Å²) in [5, 5.41) is 3.12. The molecule has 3 rings (SSSR count). The zero-order chi connectivity index (χ0) is 14.2. The van der Waals surface area contributed by atoms with Gasteiger partial charge in [-0.3, -0.25) is 9.79 Å². The molecule has 0 radical (unpaired) electrons. The molecule has 20 heavy (non-hydrogen) atoms. The van der Waals surface area contributed by atoms with Gasteiger partial charge in [-0.25, -0.2) is 0 Å². The number of carbonyl (C=O) groups is 1. The fraction of sp³-hybridized carbons (Fsp3) is 0.625. The third-order valence-corrected chi connectivity index (χ3v) is 6.04. The Kier molecular flexibility index (Phi) is 3.76. The number of rotatable bonds is 3. The fourth-order valence-corrected chi connectivity index (χ4v) is 5.15. The second-order valence-corrected chi connectivity index (χ2v) is 7.53. The molecule has 2 aliphatic heterocycles. The Morgan fingerprint density at radius 2 is 2.40 bits per heavy atom. The average Bonchev–Trinajstić information content (AvgIpc) is 2.82. The van der Waals surface area contributed by atoms with E-state index in [-0.39, 0.29) is 16.6 Å². The second kappa shape index (κ2) is 5.40. The Labute approximate surface area is 125 Å². The summed E-state index contributed by atoms with van der Waals surface area (Å²) in [6, 6.07) is 0. The number of aliphatic imine (C=N–C) groups is 1. The van der Waals surface area contributed by atoms with Crippen LogP contribution in [0.3, 0.4) is 0 Å². The number of hydrogen-bond acceptors (Lipinski definition) is 3. The molecule has 3 atom stereocenters. The Morgan fingerprint density at radius 3 is 3.20 bits per heavy atom. The van der Waals surface area contributed by atoms with Gasteiger partial charge >= 0.3 is 0 Å². The van der Waals surface area contributed by atoms with E-state index in [1.807, 2.05) is 11.8 Å². The van der Waals surface area contributed by atoms with Crippen molar-refractivity contribution in [1.82, 2.24) is 5.32 Å². The molecule has 1 spiro atoms. The van der Waals surface area contributed by atoms with Crippen molar-refractivity contribution in [3.8, 4) is 0 Å². The number of nitrogens with one attached hydrogen (secondary N) is 1. The molecule has 1 amide bonds. The van der Waals surface area contributed by atoms with Gasteiger partial charge in [-0.15, -0.1) is 11.8 Å². The summed E-state index contributed by atoms with van der Waals surface area (Å²) < 4.78 is -0.0349. The maximum atomic E-state index is 12.5. The molecule has 0 bridgehead atoms. The van der Waals surface area contributed by atoms with Crippen LogP contribution in [0.15, 0.2) is 29.3 Å². The van der Waals surface area contributed by atoms with Gasteiger partial charge in [-0.05, 0) is 24.3 Å². The first kappa shape index (κ1) is 13.9. The third-order valence-electron chi connectivity index (χ3n) is 4.39. The van der Waals surface area contributed by atoms with Crippen molar-refractivity contribution in [2.24, 2.45) is 22.7 Å². The van der Waals surface area contributed by atoms with Crippen molar-refractivity contribution in [2.75, 3.05) is 18.8 Å². The number of amides is 1. The Bertz CT molecular complexity index is 495. The van der Waals surface area contributed by atoms with E-state index in [1.54, 1.807) is 0 Å². The highest BCUT2D eigenvalue weighted by atomic mass is 32.2. The molecule has 0 aromatic heterocycles. The number of carbonyl (C=O) groups excluding carboxylic acids is 1. The van der Waals surface area contributed by atoms with E-state index in [1.165, 1.54) is 5.71 Å². The van der Waals surface area contributed by atoms with Crippen molar-refractivity contribution in [3.63, 3.8) is 0 Å². The van der Waals surface area contributed by atoms with Crippen LogP contribution < -0.4 is 5.32 Å². The zero-order valence-corrected chi connectivity index (χ0v) is 13.0. The van der Waals surface area contributed by atoms with E-state index in [0.717, 1.165) is 25.3 Å². The molecule has 1 saturated heterocycles. The quantitative estimate of drug-likeness (QED) is 0.867. The predicted molar refractivity (Wildman–Crippen MR) is 85.2 cm³/mol. The first-order chi connectivity index (χ1) is 9.63. The van der Waals surface area contributed by atoms with Crippen LogP contribution in [-0.2, 0) is 4.79 Å². The van der Waals surface area contributed by atoms with E-state index < -0.39 is 0 Å². The van der Waals surface area contributed by atoms with Gasteiger partial charge in [0, 0.05) is 18.8 Å². The lowest BCUT2D eigenvalue weighted by Gasteiger charge is -2.38. The molecule has 1 aliphatic carbocycles. The molecule has 1 fully saturated rings. The van der Waals surface area contributed by atoms with Gasteiger partial charge in [-0.1, -0.05) is 32.1 Å². The molecule has 1 N–H and O–H groups in total. The summed E-state index contributed by atoms with van der Waals surface area (Å²) in [6.45, 7) is 5.89. The van der Waals surface area contributed by atoms with Crippen LogP contribution >= 0.6 is 11.8 Å². The van der Waals surface area contributed by atoms with Gasteiger partial charge in [0.15, 0.2) is 0 Å². The van der Waals surface area contributed by atoms with E-state index in [4.69, 9.17) is 0 Å². The summed E-state index contributed by atoms with van der Waals surface area (Å²) in [7, 11) is 0. The lowest BCUT2D eigenvalue weighted by atomic mass is 9.74. The highest BCUT2D eigenvalue weighted by Gasteiger charge is 2.53. The molecule has 3 unspecified atom stereocenters. The summed E-state index contributed by atoms with van der Waals surface area (Å²) >= 11 is 1.90. The zero-order valence-electron chi connectivity index (χ0n) is 12.1. The Hall–Kier alpha value is -1.03. The molecular formula is C16H22N2OS. The molecule has 2 heterocycles. The molecule has 4 heteroatoms. The topological polar surface area (TPSA) is 41.5 Å². The van der Waals surface area contributed by atoms with E-state index in [0.29, 0.717) is 11.8 Å². The normalized spacial score (nSPS) is 34.6. The van der Waals surface area contributed by atoms with Crippen molar-refractivity contribution < 1.29 is 4.79 Å². The Morgan fingerprint density at radius 1 is 1.55 bits per heavy atom. The molecule has 0 aromatic carbocycles. The van der Waals surface area contributed by atoms with E-state index in [2.05, 4.69) is 48.5 Å². The predicted octanol–water partition coefficient (Wildman–Crippen LogP) is 2.45. The maximum Gasteiger partial charge on any atom is 0.224 e.